The van der Waals surface area contributed by atoms with E-state index in [1.165, 1.54) is 53.4 Å². The van der Waals surface area contributed by atoms with Crippen LogP contribution in [0.1, 0.15) is 32.1 Å². The molecule has 1 aliphatic carbocycles. The monoisotopic (exact) mass is 322 g/mol. The van der Waals surface area contributed by atoms with Crippen molar-refractivity contribution in [1.29, 1.82) is 0 Å². The summed E-state index contributed by atoms with van der Waals surface area (Å²) >= 11 is 0. The van der Waals surface area contributed by atoms with Crippen LogP contribution in [0, 0.1) is 5.92 Å². The van der Waals surface area contributed by atoms with Gasteiger partial charge < -0.3 is 26.6 Å². The lowest BCUT2D eigenvalue weighted by Gasteiger charge is -2.27. The Kier molecular flexibility index (Phi) is 6.17. The lowest BCUT2D eigenvalue weighted by molar-refractivity contribution is 0.0400. The SMILES string of the molecule is CO[SiH](O[Si](OC)(OC)OC)C1OC1C1CCCCC1. The summed E-state index contributed by atoms with van der Waals surface area (Å²) in [5.41, 5.74) is 0.0930. The molecule has 2 rings (SSSR count). The largest absolute Gasteiger partial charge is 0.669 e. The zero-order chi connectivity index (χ0) is 14.6. The van der Waals surface area contributed by atoms with Gasteiger partial charge in [-0.3, -0.25) is 0 Å². The summed E-state index contributed by atoms with van der Waals surface area (Å²) in [6.07, 6.45) is 6.78. The van der Waals surface area contributed by atoms with Gasteiger partial charge in [0.15, 0.2) is 0 Å². The van der Waals surface area contributed by atoms with Crippen LogP contribution >= 0.6 is 0 Å². The quantitative estimate of drug-likeness (QED) is 0.493. The number of hydrogen-bond donors (Lipinski definition) is 0. The van der Waals surface area contributed by atoms with E-state index in [1.807, 2.05) is 0 Å². The molecule has 0 amide bonds. The Morgan fingerprint density at radius 3 is 2.05 bits per heavy atom. The predicted octanol–water partition coefficient (Wildman–Crippen LogP) is 1.13. The highest BCUT2D eigenvalue weighted by Crippen LogP contribution is 2.40. The predicted molar refractivity (Wildman–Crippen MR) is 77.3 cm³/mol. The maximum atomic E-state index is 5.94. The van der Waals surface area contributed by atoms with Crippen molar-refractivity contribution in [1.82, 2.24) is 0 Å². The molecule has 0 N–H and O–H groups in total. The fourth-order valence-corrected chi connectivity index (χ4v) is 7.90. The third-order valence-electron chi connectivity index (χ3n) is 4.19. The van der Waals surface area contributed by atoms with Crippen LogP contribution in [0.3, 0.4) is 0 Å². The van der Waals surface area contributed by atoms with Gasteiger partial charge in [0.2, 0.25) is 0 Å². The molecule has 1 heterocycles. The summed E-state index contributed by atoms with van der Waals surface area (Å²) < 4.78 is 33.2. The third kappa shape index (κ3) is 3.69. The fourth-order valence-electron chi connectivity index (χ4n) is 2.98. The van der Waals surface area contributed by atoms with E-state index in [2.05, 4.69) is 0 Å². The van der Waals surface area contributed by atoms with Crippen LogP contribution in [0.15, 0.2) is 0 Å². The summed E-state index contributed by atoms with van der Waals surface area (Å²) in [5, 5.41) is 0. The molecule has 1 aliphatic heterocycles. The Morgan fingerprint density at radius 1 is 0.950 bits per heavy atom. The van der Waals surface area contributed by atoms with Gasteiger partial charge >= 0.3 is 18.3 Å². The summed E-state index contributed by atoms with van der Waals surface area (Å²) in [5.74, 6) is 0.659. The molecule has 2 aliphatic rings. The summed E-state index contributed by atoms with van der Waals surface area (Å²) in [6.45, 7) is 0. The number of rotatable bonds is 8. The van der Waals surface area contributed by atoms with Crippen LogP contribution in [-0.4, -0.2) is 58.6 Å². The lowest BCUT2D eigenvalue weighted by atomic mass is 9.87. The Morgan fingerprint density at radius 2 is 1.55 bits per heavy atom. The average molecular weight is 323 g/mol. The van der Waals surface area contributed by atoms with Crippen molar-refractivity contribution in [3.05, 3.63) is 0 Å². The molecule has 6 nitrogen and oxygen atoms in total. The van der Waals surface area contributed by atoms with Crippen LogP contribution in [0.2, 0.25) is 0 Å². The Hall–Kier alpha value is 0.194. The van der Waals surface area contributed by atoms with Gasteiger partial charge in [0.25, 0.3) is 0 Å². The first kappa shape index (κ1) is 16.6. The molecule has 118 valence electrons. The third-order valence-corrected chi connectivity index (χ3v) is 9.31. The topological polar surface area (TPSA) is 58.7 Å². The molecule has 1 saturated carbocycles. The minimum absolute atomic E-state index is 0.0930. The molecule has 0 aromatic heterocycles. The van der Waals surface area contributed by atoms with E-state index in [0.29, 0.717) is 12.0 Å². The molecular weight excluding hydrogens is 296 g/mol. The van der Waals surface area contributed by atoms with Crippen molar-refractivity contribution in [2.75, 3.05) is 28.4 Å². The van der Waals surface area contributed by atoms with Crippen molar-refractivity contribution in [2.45, 2.75) is 43.9 Å². The first-order chi connectivity index (χ1) is 9.69. The van der Waals surface area contributed by atoms with Crippen molar-refractivity contribution in [3.63, 3.8) is 0 Å². The van der Waals surface area contributed by atoms with Crippen molar-refractivity contribution in [3.8, 4) is 0 Å². The smallest absolute Gasteiger partial charge is 0.399 e. The molecule has 2 fully saturated rings. The van der Waals surface area contributed by atoms with Crippen LogP contribution in [0.4, 0.5) is 0 Å². The Bertz CT molecular complexity index is 287. The molecule has 3 unspecified atom stereocenters. The minimum atomic E-state index is -3.05. The summed E-state index contributed by atoms with van der Waals surface area (Å²) in [4.78, 5) is 0. The lowest BCUT2D eigenvalue weighted by Crippen LogP contribution is -2.53. The standard InChI is InChI=1S/C12H26O6Si2/c1-13-19(18-20(14-2,15-3)16-4)12-11(17-12)10-8-6-5-7-9-10/h10-12,19H,5-9H2,1-4H3. The highest BCUT2D eigenvalue weighted by Gasteiger charge is 2.56. The molecule has 0 spiro atoms. The zero-order valence-corrected chi connectivity index (χ0v) is 14.9. The van der Waals surface area contributed by atoms with Crippen molar-refractivity contribution >= 4 is 18.3 Å². The molecular formula is C12H26O6Si2. The van der Waals surface area contributed by atoms with Gasteiger partial charge in [-0.2, -0.15) is 0 Å². The second-order valence-electron chi connectivity index (χ2n) is 5.30. The van der Waals surface area contributed by atoms with E-state index in [9.17, 15) is 0 Å². The van der Waals surface area contributed by atoms with E-state index < -0.39 is 18.3 Å². The summed E-state index contributed by atoms with van der Waals surface area (Å²) in [7, 11) is 1.20. The first-order valence-corrected chi connectivity index (χ1v) is 10.5. The van der Waals surface area contributed by atoms with Crippen molar-refractivity contribution in [2.24, 2.45) is 5.92 Å². The number of hydrogen-bond acceptors (Lipinski definition) is 6. The highest BCUT2D eigenvalue weighted by molar-refractivity contribution is 6.65. The van der Waals surface area contributed by atoms with Gasteiger partial charge in [0.1, 0.15) is 5.73 Å². The highest BCUT2D eigenvalue weighted by atomic mass is 28.5. The maximum absolute atomic E-state index is 5.94. The maximum Gasteiger partial charge on any atom is 0.669 e. The van der Waals surface area contributed by atoms with E-state index >= 15 is 0 Å². The molecule has 3 atom stereocenters. The molecule has 1 saturated heterocycles. The van der Waals surface area contributed by atoms with E-state index in [-0.39, 0.29) is 5.73 Å². The van der Waals surface area contributed by atoms with Crippen LogP contribution in [-0.2, 0) is 26.6 Å². The Labute approximate surface area is 124 Å². The number of ether oxygens (including phenoxy) is 1. The van der Waals surface area contributed by atoms with Crippen LogP contribution in [0.25, 0.3) is 0 Å². The van der Waals surface area contributed by atoms with Crippen LogP contribution < -0.4 is 0 Å². The average Bonchev–Trinajstić information content (AvgIpc) is 3.31. The molecule has 0 bridgehead atoms. The normalized spacial score (nSPS) is 29.4. The Balaban J connectivity index is 1.89. The van der Waals surface area contributed by atoms with Crippen molar-refractivity contribution < 1.29 is 26.6 Å². The van der Waals surface area contributed by atoms with E-state index in [0.717, 1.165) is 0 Å². The summed E-state index contributed by atoms with van der Waals surface area (Å²) in [6, 6.07) is 0. The van der Waals surface area contributed by atoms with Gasteiger partial charge in [0, 0.05) is 28.4 Å². The first-order valence-electron chi connectivity index (χ1n) is 7.21. The molecule has 0 radical (unpaired) electrons. The van der Waals surface area contributed by atoms with E-state index in [1.54, 1.807) is 7.11 Å². The zero-order valence-electron chi connectivity index (χ0n) is 12.8. The van der Waals surface area contributed by atoms with Crippen LogP contribution in [0.5, 0.6) is 0 Å². The van der Waals surface area contributed by atoms with Gasteiger partial charge in [-0.25, -0.2) is 0 Å². The van der Waals surface area contributed by atoms with Gasteiger partial charge in [-0.05, 0) is 18.8 Å². The molecule has 0 aromatic rings. The number of epoxide rings is 1. The molecule has 8 heteroatoms. The second kappa shape index (κ2) is 7.45. The van der Waals surface area contributed by atoms with Gasteiger partial charge in [0.05, 0.1) is 6.10 Å². The van der Waals surface area contributed by atoms with Gasteiger partial charge in [-0.1, -0.05) is 19.3 Å². The van der Waals surface area contributed by atoms with Gasteiger partial charge in [-0.15, -0.1) is 0 Å². The van der Waals surface area contributed by atoms with E-state index in [4.69, 9.17) is 26.6 Å². The minimum Gasteiger partial charge on any atom is -0.399 e. The fraction of sp³-hybridized carbons (Fsp3) is 1.00. The molecule has 0 aromatic carbocycles. The second-order valence-corrected chi connectivity index (χ2v) is 10.3. The molecule has 20 heavy (non-hydrogen) atoms.